The summed E-state index contributed by atoms with van der Waals surface area (Å²) in [6.07, 6.45) is 6.01. The maximum absolute atomic E-state index is 12.4. The molecular formula is C18H19ClN2O3. The predicted octanol–water partition coefficient (Wildman–Crippen LogP) is 3.66. The van der Waals surface area contributed by atoms with Gasteiger partial charge in [0.1, 0.15) is 5.75 Å². The van der Waals surface area contributed by atoms with Crippen molar-refractivity contribution in [1.82, 2.24) is 0 Å². The highest BCUT2D eigenvalue weighted by Crippen LogP contribution is 2.31. The van der Waals surface area contributed by atoms with Crippen molar-refractivity contribution >= 4 is 29.0 Å². The molecule has 1 amide bonds. The van der Waals surface area contributed by atoms with Gasteiger partial charge in [0.05, 0.1) is 18.9 Å². The molecule has 0 spiro atoms. The summed E-state index contributed by atoms with van der Waals surface area (Å²) in [5, 5.41) is 12.3. The Balaban J connectivity index is 2.12. The van der Waals surface area contributed by atoms with Crippen LogP contribution in [0.15, 0.2) is 24.3 Å². The number of allylic oxidation sites excluding steroid dienone is 2. The van der Waals surface area contributed by atoms with Crippen LogP contribution in [0.3, 0.4) is 0 Å². The number of ether oxygens (including phenoxy) is 1. The van der Waals surface area contributed by atoms with Gasteiger partial charge in [-0.1, -0.05) is 23.8 Å². The largest absolute Gasteiger partial charge is 0.495 e. The molecule has 0 heterocycles. The molecule has 1 aliphatic carbocycles. The number of ketones is 1. The Morgan fingerprint density at radius 1 is 1.50 bits per heavy atom. The van der Waals surface area contributed by atoms with Gasteiger partial charge in [0.2, 0.25) is 5.91 Å². The van der Waals surface area contributed by atoms with Crippen molar-refractivity contribution in [3.8, 4) is 11.8 Å². The molecule has 6 heteroatoms. The van der Waals surface area contributed by atoms with Gasteiger partial charge in [-0.25, -0.2) is 0 Å². The van der Waals surface area contributed by atoms with Crippen molar-refractivity contribution in [2.45, 2.75) is 26.2 Å². The van der Waals surface area contributed by atoms with Gasteiger partial charge < -0.3 is 10.1 Å². The number of rotatable bonds is 6. The minimum Gasteiger partial charge on any atom is -0.495 e. The molecular weight excluding hydrogens is 328 g/mol. The lowest BCUT2D eigenvalue weighted by Gasteiger charge is -2.15. The number of Topliss-reactive ketones (excluding diaryl/α,β-unsaturated/α-hetero) is 1. The van der Waals surface area contributed by atoms with Crippen LogP contribution in [0.1, 0.15) is 24.8 Å². The number of carbonyl (C=O) groups is 2. The van der Waals surface area contributed by atoms with Gasteiger partial charge in [-0.3, -0.25) is 9.59 Å². The molecule has 0 saturated carbocycles. The number of hydrogen-bond acceptors (Lipinski definition) is 4. The van der Waals surface area contributed by atoms with Crippen molar-refractivity contribution in [2.24, 2.45) is 11.8 Å². The first-order valence-corrected chi connectivity index (χ1v) is 8.08. The average Bonchev–Trinajstić information content (AvgIpc) is 3.04. The monoisotopic (exact) mass is 346 g/mol. The predicted molar refractivity (Wildman–Crippen MR) is 92.0 cm³/mol. The number of carbonyl (C=O) groups excluding carboxylic acids is 2. The molecule has 0 aromatic heterocycles. The Labute approximate surface area is 146 Å². The first kappa shape index (κ1) is 18.0. The number of halogens is 1. The molecule has 24 heavy (non-hydrogen) atoms. The van der Waals surface area contributed by atoms with Gasteiger partial charge in [0, 0.05) is 17.5 Å². The van der Waals surface area contributed by atoms with Crippen LogP contribution in [0.25, 0.3) is 0 Å². The van der Waals surface area contributed by atoms with E-state index in [0.29, 0.717) is 16.5 Å². The number of hydrogen-bond donors (Lipinski definition) is 1. The minimum atomic E-state index is -1.33. The number of anilines is 1. The van der Waals surface area contributed by atoms with Crippen LogP contribution >= 0.6 is 11.6 Å². The van der Waals surface area contributed by atoms with E-state index in [1.165, 1.54) is 7.11 Å². The highest BCUT2D eigenvalue weighted by atomic mass is 35.5. The minimum absolute atomic E-state index is 0.119. The molecule has 0 unspecified atom stereocenters. The van der Waals surface area contributed by atoms with Crippen LogP contribution in [-0.2, 0) is 9.59 Å². The second-order valence-electron chi connectivity index (χ2n) is 5.79. The fourth-order valence-corrected chi connectivity index (χ4v) is 2.81. The van der Waals surface area contributed by atoms with Crippen LogP contribution in [0, 0.1) is 30.1 Å². The van der Waals surface area contributed by atoms with Crippen LogP contribution in [0.4, 0.5) is 5.69 Å². The molecule has 126 valence electrons. The second kappa shape index (κ2) is 7.98. The van der Waals surface area contributed by atoms with Gasteiger partial charge >= 0.3 is 0 Å². The lowest BCUT2D eigenvalue weighted by atomic mass is 9.94. The van der Waals surface area contributed by atoms with Gasteiger partial charge in [0.25, 0.3) is 0 Å². The first-order valence-electron chi connectivity index (χ1n) is 7.70. The summed E-state index contributed by atoms with van der Waals surface area (Å²) in [4.78, 5) is 24.6. The molecule has 0 radical (unpaired) electrons. The fourth-order valence-electron chi connectivity index (χ4n) is 2.65. The fraction of sp³-hybridized carbons (Fsp3) is 0.389. The Bertz CT molecular complexity index is 722. The summed E-state index contributed by atoms with van der Waals surface area (Å²) in [6, 6.07) is 5.04. The number of nitrogens with one attached hydrogen (secondary N) is 1. The standard InChI is InChI=1S/C18H19ClN2O3/c1-11-7-15(17(24-2)9-14(11)19)21-18(23)13(10-20)16(22)8-12-5-3-4-6-12/h3,5,7,9,12-13H,4,6,8H2,1-2H3,(H,21,23)/t12-,13+/m0/s1. The first-order chi connectivity index (χ1) is 11.5. The molecule has 1 aromatic rings. The summed E-state index contributed by atoms with van der Waals surface area (Å²) in [5.41, 5.74) is 1.14. The molecule has 5 nitrogen and oxygen atoms in total. The molecule has 1 aliphatic rings. The molecule has 0 aliphatic heterocycles. The lowest BCUT2D eigenvalue weighted by molar-refractivity contribution is -0.129. The van der Waals surface area contributed by atoms with Crippen LogP contribution in [-0.4, -0.2) is 18.8 Å². The van der Waals surface area contributed by atoms with Crippen molar-refractivity contribution in [3.05, 3.63) is 34.9 Å². The van der Waals surface area contributed by atoms with E-state index in [4.69, 9.17) is 16.3 Å². The van der Waals surface area contributed by atoms with E-state index in [9.17, 15) is 14.9 Å². The van der Waals surface area contributed by atoms with E-state index in [2.05, 4.69) is 5.32 Å². The summed E-state index contributed by atoms with van der Waals surface area (Å²) in [5.74, 6) is -1.85. The van der Waals surface area contributed by atoms with Crippen molar-refractivity contribution < 1.29 is 14.3 Å². The van der Waals surface area contributed by atoms with Crippen molar-refractivity contribution in [2.75, 3.05) is 12.4 Å². The third-order valence-electron chi connectivity index (χ3n) is 4.03. The Kier molecular flexibility index (Phi) is 5.99. The molecule has 2 atom stereocenters. The lowest BCUT2D eigenvalue weighted by Crippen LogP contribution is -2.29. The Hall–Kier alpha value is -2.32. The van der Waals surface area contributed by atoms with E-state index >= 15 is 0 Å². The molecule has 1 aromatic carbocycles. The third kappa shape index (κ3) is 4.15. The van der Waals surface area contributed by atoms with E-state index in [1.807, 2.05) is 12.2 Å². The van der Waals surface area contributed by atoms with Gasteiger partial charge in [-0.05, 0) is 37.3 Å². The maximum Gasteiger partial charge on any atom is 0.249 e. The third-order valence-corrected chi connectivity index (χ3v) is 4.43. The number of amides is 1. The van der Waals surface area contributed by atoms with E-state index in [1.54, 1.807) is 25.1 Å². The number of aryl methyl sites for hydroxylation is 1. The highest BCUT2D eigenvalue weighted by Gasteiger charge is 2.29. The van der Waals surface area contributed by atoms with E-state index in [0.717, 1.165) is 18.4 Å². The van der Waals surface area contributed by atoms with Gasteiger partial charge in [0.15, 0.2) is 11.7 Å². The van der Waals surface area contributed by atoms with E-state index < -0.39 is 11.8 Å². The maximum atomic E-state index is 12.4. The topological polar surface area (TPSA) is 79.2 Å². The number of methoxy groups -OCH3 is 1. The normalized spacial score (nSPS) is 17.2. The van der Waals surface area contributed by atoms with Crippen LogP contribution in [0.2, 0.25) is 5.02 Å². The Morgan fingerprint density at radius 2 is 2.25 bits per heavy atom. The van der Waals surface area contributed by atoms with Crippen molar-refractivity contribution in [1.29, 1.82) is 5.26 Å². The zero-order valence-corrected chi connectivity index (χ0v) is 14.4. The number of nitriles is 1. The quantitative estimate of drug-likeness (QED) is 0.629. The smallest absolute Gasteiger partial charge is 0.249 e. The summed E-state index contributed by atoms with van der Waals surface area (Å²) >= 11 is 6.03. The van der Waals surface area contributed by atoms with Crippen molar-refractivity contribution in [3.63, 3.8) is 0 Å². The number of nitrogens with zero attached hydrogens (tertiary/aromatic N) is 1. The Morgan fingerprint density at radius 3 is 2.83 bits per heavy atom. The average molecular weight is 347 g/mol. The van der Waals surface area contributed by atoms with Gasteiger partial charge in [-0.2, -0.15) is 5.26 Å². The molecule has 0 bridgehead atoms. The van der Waals surface area contributed by atoms with Gasteiger partial charge in [-0.15, -0.1) is 0 Å². The van der Waals surface area contributed by atoms with Crippen LogP contribution in [0.5, 0.6) is 5.75 Å². The van der Waals surface area contributed by atoms with Crippen LogP contribution < -0.4 is 10.1 Å². The molecule has 2 rings (SSSR count). The summed E-state index contributed by atoms with van der Waals surface area (Å²) in [6.45, 7) is 1.79. The second-order valence-corrected chi connectivity index (χ2v) is 6.20. The molecule has 0 saturated heterocycles. The molecule has 0 fully saturated rings. The zero-order chi connectivity index (χ0) is 17.7. The summed E-state index contributed by atoms with van der Waals surface area (Å²) in [7, 11) is 1.45. The highest BCUT2D eigenvalue weighted by molar-refractivity contribution is 6.31. The SMILES string of the molecule is COc1cc(Cl)c(C)cc1NC(=O)[C@H](C#N)C(=O)C[C@H]1C=CCC1. The van der Waals surface area contributed by atoms with E-state index in [-0.39, 0.29) is 18.1 Å². The zero-order valence-electron chi connectivity index (χ0n) is 13.6. The summed E-state index contributed by atoms with van der Waals surface area (Å²) < 4.78 is 5.19. The molecule has 1 N–H and O–H groups in total. The number of benzene rings is 1.